The van der Waals surface area contributed by atoms with Crippen LogP contribution in [0.4, 0.5) is 5.69 Å². The topological polar surface area (TPSA) is 24.2 Å². The summed E-state index contributed by atoms with van der Waals surface area (Å²) < 4.78 is 3.59. The zero-order valence-electron chi connectivity index (χ0n) is 19.0. The SMILES string of the molecule is CCCCCCCC[n+]1c(/C=C/C=C/N(C(C)=O)c2ccccc2)sc2cc(Cl)ccc21. The summed E-state index contributed by atoms with van der Waals surface area (Å²) in [4.78, 5) is 13.7. The molecule has 3 aromatic rings. The molecule has 1 heterocycles. The fourth-order valence-electron chi connectivity index (χ4n) is 3.72. The number of thiazole rings is 1. The summed E-state index contributed by atoms with van der Waals surface area (Å²) in [6.45, 7) is 4.83. The van der Waals surface area contributed by atoms with Gasteiger partial charge in [-0.1, -0.05) is 79.8 Å². The zero-order valence-corrected chi connectivity index (χ0v) is 20.5. The number of aromatic nitrogens is 1. The largest absolute Gasteiger partial charge is 0.288 e. The highest BCUT2D eigenvalue weighted by molar-refractivity contribution is 7.18. The first-order chi connectivity index (χ1) is 15.6. The van der Waals surface area contributed by atoms with Gasteiger partial charge in [0, 0.05) is 42.4 Å². The number of benzene rings is 2. The Morgan fingerprint density at radius 2 is 1.78 bits per heavy atom. The van der Waals surface area contributed by atoms with Gasteiger partial charge in [0.15, 0.2) is 6.54 Å². The Bertz CT molecular complexity index is 1070. The van der Waals surface area contributed by atoms with Crippen LogP contribution in [-0.4, -0.2) is 5.91 Å². The summed E-state index contributed by atoms with van der Waals surface area (Å²) in [6.07, 6.45) is 15.5. The second kappa shape index (κ2) is 12.6. The van der Waals surface area contributed by atoms with Crippen LogP contribution in [0.1, 0.15) is 57.4 Å². The Morgan fingerprint density at radius 1 is 1.03 bits per heavy atom. The standard InChI is InChI=1S/C27H32ClN2OS/c1-3-4-5-6-7-12-20-30-25-18-17-23(28)21-26(25)32-27(30)16-11-13-19-29(22(2)31)24-14-9-8-10-15-24/h8-11,13-19,21H,3-7,12,20H2,1-2H3/q+1. The number of amides is 1. The van der Waals surface area contributed by atoms with Crippen LogP contribution in [-0.2, 0) is 11.3 Å². The molecule has 1 amide bonds. The molecule has 3 nitrogen and oxygen atoms in total. The van der Waals surface area contributed by atoms with Gasteiger partial charge in [-0.05, 0) is 36.8 Å². The number of anilines is 1. The number of aryl methyl sites for hydroxylation is 1. The minimum Gasteiger partial charge on any atom is -0.288 e. The number of hydrogen-bond acceptors (Lipinski definition) is 2. The maximum Gasteiger partial charge on any atom is 0.262 e. The highest BCUT2D eigenvalue weighted by Crippen LogP contribution is 2.25. The molecular formula is C27H32ClN2OS+. The van der Waals surface area contributed by atoms with Crippen LogP contribution in [0.15, 0.2) is 66.9 Å². The Balaban J connectivity index is 1.75. The number of carbonyl (C=O) groups excluding carboxylic acids is 1. The second-order valence-electron chi connectivity index (χ2n) is 7.90. The lowest BCUT2D eigenvalue weighted by atomic mass is 10.1. The van der Waals surface area contributed by atoms with E-state index in [1.807, 2.05) is 60.8 Å². The van der Waals surface area contributed by atoms with Crippen LogP contribution in [0.25, 0.3) is 16.3 Å². The van der Waals surface area contributed by atoms with E-state index in [0.717, 1.165) is 17.3 Å². The van der Waals surface area contributed by atoms with Gasteiger partial charge in [0.25, 0.3) is 5.01 Å². The Labute approximate surface area is 200 Å². The second-order valence-corrected chi connectivity index (χ2v) is 9.40. The smallest absolute Gasteiger partial charge is 0.262 e. The van der Waals surface area contributed by atoms with Gasteiger partial charge in [0.2, 0.25) is 11.4 Å². The summed E-state index contributed by atoms with van der Waals surface area (Å²) in [5.74, 6) is -0.0181. The van der Waals surface area contributed by atoms with Crippen LogP contribution in [0.5, 0.6) is 0 Å². The van der Waals surface area contributed by atoms with Crippen LogP contribution in [0.3, 0.4) is 0 Å². The summed E-state index contributed by atoms with van der Waals surface area (Å²) in [7, 11) is 0. The van der Waals surface area contributed by atoms with Gasteiger partial charge in [-0.25, -0.2) is 0 Å². The van der Waals surface area contributed by atoms with Crippen LogP contribution >= 0.6 is 22.9 Å². The van der Waals surface area contributed by atoms with E-state index in [1.165, 1.54) is 53.7 Å². The zero-order chi connectivity index (χ0) is 22.8. The van der Waals surface area contributed by atoms with Crippen molar-refractivity contribution in [3.05, 3.63) is 76.9 Å². The number of rotatable bonds is 11. The summed E-state index contributed by atoms with van der Waals surface area (Å²) in [5.41, 5.74) is 2.09. The third-order valence-corrected chi connectivity index (χ3v) is 6.73. The average Bonchev–Trinajstić information content (AvgIpc) is 3.12. The molecule has 168 valence electrons. The van der Waals surface area contributed by atoms with E-state index in [9.17, 15) is 4.79 Å². The monoisotopic (exact) mass is 467 g/mol. The number of unbranched alkanes of at least 4 members (excludes halogenated alkanes) is 5. The lowest BCUT2D eigenvalue weighted by Crippen LogP contribution is -2.35. The molecule has 5 heteroatoms. The normalized spacial score (nSPS) is 11.7. The molecule has 0 aliphatic carbocycles. The van der Waals surface area contributed by atoms with E-state index in [0.29, 0.717) is 0 Å². The minimum atomic E-state index is -0.0181. The Kier molecular flexibility index (Phi) is 9.51. The number of hydrogen-bond donors (Lipinski definition) is 0. The van der Waals surface area contributed by atoms with E-state index in [-0.39, 0.29) is 5.91 Å². The van der Waals surface area contributed by atoms with Gasteiger partial charge >= 0.3 is 0 Å². The first-order valence-electron chi connectivity index (χ1n) is 11.4. The van der Waals surface area contributed by atoms with Crippen molar-refractivity contribution in [2.75, 3.05) is 4.90 Å². The maximum atomic E-state index is 12.1. The molecule has 0 bridgehead atoms. The molecule has 0 atom stereocenters. The van der Waals surface area contributed by atoms with Crippen molar-refractivity contribution in [1.82, 2.24) is 0 Å². The van der Waals surface area contributed by atoms with Crippen LogP contribution in [0.2, 0.25) is 5.02 Å². The highest BCUT2D eigenvalue weighted by atomic mass is 35.5. The number of allylic oxidation sites excluding steroid dienone is 2. The average molecular weight is 468 g/mol. The van der Waals surface area contributed by atoms with Gasteiger partial charge in [0.1, 0.15) is 4.70 Å². The number of para-hydroxylation sites is 1. The molecule has 1 aromatic heterocycles. The molecular weight excluding hydrogens is 436 g/mol. The van der Waals surface area contributed by atoms with Crippen molar-refractivity contribution in [3.63, 3.8) is 0 Å². The lowest BCUT2D eigenvalue weighted by molar-refractivity contribution is -0.669. The fourth-order valence-corrected chi connectivity index (χ4v) is 5.10. The molecule has 3 rings (SSSR count). The highest BCUT2D eigenvalue weighted by Gasteiger charge is 2.18. The third kappa shape index (κ3) is 6.78. The fraction of sp³-hybridized carbons (Fsp3) is 0.333. The van der Waals surface area contributed by atoms with E-state index in [2.05, 4.69) is 23.6 Å². The lowest BCUT2D eigenvalue weighted by Gasteiger charge is -2.15. The number of halogens is 1. The van der Waals surface area contributed by atoms with Crippen molar-refractivity contribution < 1.29 is 9.36 Å². The van der Waals surface area contributed by atoms with E-state index >= 15 is 0 Å². The number of nitrogens with zero attached hydrogens (tertiary/aromatic N) is 2. The van der Waals surface area contributed by atoms with E-state index in [4.69, 9.17) is 11.6 Å². The molecule has 0 unspecified atom stereocenters. The van der Waals surface area contributed by atoms with Gasteiger partial charge in [-0.15, -0.1) is 0 Å². The van der Waals surface area contributed by atoms with Crippen molar-refractivity contribution >= 4 is 50.8 Å². The predicted molar refractivity (Wildman–Crippen MR) is 138 cm³/mol. The Hall–Kier alpha value is -2.43. The van der Waals surface area contributed by atoms with E-state index in [1.54, 1.807) is 23.2 Å². The molecule has 2 aromatic carbocycles. The van der Waals surface area contributed by atoms with Gasteiger partial charge in [-0.3, -0.25) is 9.69 Å². The molecule has 0 saturated carbocycles. The molecule has 0 fully saturated rings. The van der Waals surface area contributed by atoms with Gasteiger partial charge < -0.3 is 0 Å². The molecule has 0 spiro atoms. The molecule has 0 aliphatic rings. The van der Waals surface area contributed by atoms with Crippen LogP contribution < -0.4 is 9.47 Å². The van der Waals surface area contributed by atoms with Crippen molar-refractivity contribution in [1.29, 1.82) is 0 Å². The molecule has 0 saturated heterocycles. The number of carbonyl (C=O) groups is 1. The summed E-state index contributed by atoms with van der Waals surface area (Å²) in [5, 5.41) is 1.95. The van der Waals surface area contributed by atoms with E-state index < -0.39 is 0 Å². The van der Waals surface area contributed by atoms with Crippen molar-refractivity contribution in [3.8, 4) is 0 Å². The first-order valence-corrected chi connectivity index (χ1v) is 12.6. The predicted octanol–water partition coefficient (Wildman–Crippen LogP) is 7.78. The molecule has 0 aliphatic heterocycles. The van der Waals surface area contributed by atoms with Crippen molar-refractivity contribution in [2.24, 2.45) is 0 Å². The molecule has 32 heavy (non-hydrogen) atoms. The van der Waals surface area contributed by atoms with Crippen LogP contribution in [0, 0.1) is 0 Å². The maximum absolute atomic E-state index is 12.1. The minimum absolute atomic E-state index is 0.0181. The number of fused-ring (bicyclic) bond motifs is 1. The molecule has 0 N–H and O–H groups in total. The third-order valence-electron chi connectivity index (χ3n) is 5.39. The molecule has 0 radical (unpaired) electrons. The Morgan fingerprint density at radius 3 is 2.53 bits per heavy atom. The van der Waals surface area contributed by atoms with Gasteiger partial charge in [0.05, 0.1) is 0 Å². The first kappa shape index (κ1) is 24.2. The summed E-state index contributed by atoms with van der Waals surface area (Å²) in [6, 6.07) is 15.8. The van der Waals surface area contributed by atoms with Crippen molar-refractivity contribution in [2.45, 2.75) is 58.9 Å². The quantitative estimate of drug-likeness (QED) is 0.160. The van der Waals surface area contributed by atoms with Gasteiger partial charge in [-0.2, -0.15) is 4.57 Å². The summed E-state index contributed by atoms with van der Waals surface area (Å²) >= 11 is 7.98.